The molecule has 2 aliphatic rings. The quantitative estimate of drug-likeness (QED) is 0.813. The average molecular weight is 245 g/mol. The molecule has 3 nitrogen and oxygen atoms in total. The SMILES string of the molecule is COc1cccc(CCC(=O)N2CC3CC3C2)c1. The number of nitrogens with zero attached hydrogens (tertiary/aromatic N) is 1. The lowest BCUT2D eigenvalue weighted by molar-refractivity contribution is -0.130. The number of likely N-dealkylation sites (tertiary alicyclic amines) is 1. The first kappa shape index (κ1) is 11.6. The van der Waals surface area contributed by atoms with Crippen LogP contribution in [0.1, 0.15) is 18.4 Å². The van der Waals surface area contributed by atoms with Crippen molar-refractivity contribution in [2.45, 2.75) is 19.3 Å². The first-order chi connectivity index (χ1) is 8.76. The maximum Gasteiger partial charge on any atom is 0.222 e. The first-order valence-electron chi connectivity index (χ1n) is 6.67. The Labute approximate surface area is 108 Å². The van der Waals surface area contributed by atoms with Gasteiger partial charge in [-0.1, -0.05) is 12.1 Å². The third-order valence-electron chi connectivity index (χ3n) is 4.09. The Hall–Kier alpha value is -1.51. The van der Waals surface area contributed by atoms with Gasteiger partial charge >= 0.3 is 0 Å². The van der Waals surface area contributed by atoms with E-state index < -0.39 is 0 Å². The number of methoxy groups -OCH3 is 1. The van der Waals surface area contributed by atoms with Crippen LogP contribution >= 0.6 is 0 Å². The number of hydrogen-bond acceptors (Lipinski definition) is 2. The molecule has 1 aromatic rings. The van der Waals surface area contributed by atoms with Crippen molar-refractivity contribution in [1.29, 1.82) is 0 Å². The van der Waals surface area contributed by atoms with Gasteiger partial charge in [0.05, 0.1) is 7.11 Å². The van der Waals surface area contributed by atoms with Crippen LogP contribution in [0.4, 0.5) is 0 Å². The van der Waals surface area contributed by atoms with E-state index in [1.54, 1.807) is 7.11 Å². The second-order valence-electron chi connectivity index (χ2n) is 5.41. The van der Waals surface area contributed by atoms with Gasteiger partial charge in [0.2, 0.25) is 5.91 Å². The van der Waals surface area contributed by atoms with Crippen LogP contribution in [-0.2, 0) is 11.2 Å². The van der Waals surface area contributed by atoms with Gasteiger partial charge in [0.15, 0.2) is 0 Å². The number of rotatable bonds is 4. The van der Waals surface area contributed by atoms with Gasteiger partial charge in [0.25, 0.3) is 0 Å². The lowest BCUT2D eigenvalue weighted by atomic mass is 10.1. The highest BCUT2D eigenvalue weighted by Gasteiger charge is 2.46. The number of fused-ring (bicyclic) bond motifs is 1. The van der Waals surface area contributed by atoms with Gasteiger partial charge in [-0.2, -0.15) is 0 Å². The second-order valence-corrected chi connectivity index (χ2v) is 5.41. The van der Waals surface area contributed by atoms with Crippen LogP contribution in [0.2, 0.25) is 0 Å². The van der Waals surface area contributed by atoms with E-state index in [0.717, 1.165) is 37.1 Å². The summed E-state index contributed by atoms with van der Waals surface area (Å²) >= 11 is 0. The number of ether oxygens (including phenoxy) is 1. The molecule has 2 unspecified atom stereocenters. The fourth-order valence-corrected chi connectivity index (χ4v) is 2.84. The van der Waals surface area contributed by atoms with Gasteiger partial charge in [-0.25, -0.2) is 0 Å². The number of carbonyl (C=O) groups is 1. The van der Waals surface area contributed by atoms with E-state index in [2.05, 4.69) is 6.07 Å². The molecule has 0 radical (unpaired) electrons. The van der Waals surface area contributed by atoms with Crippen LogP contribution in [0.3, 0.4) is 0 Å². The minimum Gasteiger partial charge on any atom is -0.497 e. The summed E-state index contributed by atoms with van der Waals surface area (Å²) < 4.78 is 5.19. The Morgan fingerprint density at radius 1 is 1.39 bits per heavy atom. The van der Waals surface area contributed by atoms with E-state index in [4.69, 9.17) is 4.74 Å². The van der Waals surface area contributed by atoms with Gasteiger partial charge in [0.1, 0.15) is 5.75 Å². The third-order valence-corrected chi connectivity index (χ3v) is 4.09. The highest BCUT2D eigenvalue weighted by atomic mass is 16.5. The van der Waals surface area contributed by atoms with Crippen LogP contribution in [0.5, 0.6) is 5.75 Å². The van der Waals surface area contributed by atoms with Crippen molar-refractivity contribution in [3.63, 3.8) is 0 Å². The van der Waals surface area contributed by atoms with Crippen molar-refractivity contribution >= 4 is 5.91 Å². The summed E-state index contributed by atoms with van der Waals surface area (Å²) in [5, 5.41) is 0. The van der Waals surface area contributed by atoms with Crippen molar-refractivity contribution in [3.05, 3.63) is 29.8 Å². The number of aryl methyl sites for hydroxylation is 1. The number of carbonyl (C=O) groups excluding carboxylic acids is 1. The maximum atomic E-state index is 12.0. The molecule has 0 N–H and O–H groups in total. The zero-order valence-electron chi connectivity index (χ0n) is 10.8. The molecule has 1 heterocycles. The summed E-state index contributed by atoms with van der Waals surface area (Å²) in [4.78, 5) is 14.1. The van der Waals surface area contributed by atoms with E-state index in [9.17, 15) is 4.79 Å². The van der Waals surface area contributed by atoms with Crippen molar-refractivity contribution in [2.24, 2.45) is 11.8 Å². The minimum absolute atomic E-state index is 0.310. The first-order valence-corrected chi connectivity index (χ1v) is 6.67. The molecule has 0 bridgehead atoms. The molecule has 2 fully saturated rings. The van der Waals surface area contributed by atoms with E-state index in [1.165, 1.54) is 12.0 Å². The van der Waals surface area contributed by atoms with Crippen molar-refractivity contribution in [2.75, 3.05) is 20.2 Å². The van der Waals surface area contributed by atoms with E-state index >= 15 is 0 Å². The Morgan fingerprint density at radius 2 is 2.17 bits per heavy atom. The number of hydrogen-bond donors (Lipinski definition) is 0. The molecular formula is C15H19NO2. The lowest BCUT2D eigenvalue weighted by Gasteiger charge is -2.17. The number of benzene rings is 1. The lowest BCUT2D eigenvalue weighted by Crippen LogP contribution is -2.30. The van der Waals surface area contributed by atoms with Crippen LogP contribution in [0.15, 0.2) is 24.3 Å². The van der Waals surface area contributed by atoms with Crippen molar-refractivity contribution < 1.29 is 9.53 Å². The molecule has 1 saturated carbocycles. The number of amides is 1. The third kappa shape index (κ3) is 2.35. The minimum atomic E-state index is 0.310. The zero-order chi connectivity index (χ0) is 12.5. The predicted molar refractivity (Wildman–Crippen MR) is 69.5 cm³/mol. The molecule has 3 rings (SSSR count). The Balaban J connectivity index is 1.52. The smallest absolute Gasteiger partial charge is 0.222 e. The predicted octanol–water partition coefficient (Wildman–Crippen LogP) is 2.11. The fourth-order valence-electron chi connectivity index (χ4n) is 2.84. The van der Waals surface area contributed by atoms with Crippen molar-refractivity contribution in [1.82, 2.24) is 4.90 Å². The summed E-state index contributed by atoms with van der Waals surface area (Å²) in [6, 6.07) is 7.97. The Bertz CT molecular complexity index is 448. The second kappa shape index (κ2) is 4.63. The molecule has 18 heavy (non-hydrogen) atoms. The Morgan fingerprint density at radius 3 is 2.89 bits per heavy atom. The monoisotopic (exact) mass is 245 g/mol. The normalized spacial score (nSPS) is 24.8. The van der Waals surface area contributed by atoms with Gasteiger partial charge in [-0.05, 0) is 42.4 Å². The fraction of sp³-hybridized carbons (Fsp3) is 0.533. The average Bonchev–Trinajstić information content (AvgIpc) is 3.02. The summed E-state index contributed by atoms with van der Waals surface area (Å²) in [5.74, 6) is 2.82. The molecule has 1 amide bonds. The summed E-state index contributed by atoms with van der Waals surface area (Å²) in [5.41, 5.74) is 1.17. The van der Waals surface area contributed by atoms with Crippen LogP contribution in [-0.4, -0.2) is 31.0 Å². The van der Waals surface area contributed by atoms with Gasteiger partial charge < -0.3 is 9.64 Å². The van der Waals surface area contributed by atoms with E-state index in [-0.39, 0.29) is 0 Å². The topological polar surface area (TPSA) is 29.5 Å². The molecule has 3 heteroatoms. The molecule has 1 saturated heterocycles. The van der Waals surface area contributed by atoms with Gasteiger partial charge in [-0.3, -0.25) is 4.79 Å². The number of piperidine rings is 1. The molecule has 0 aromatic heterocycles. The zero-order valence-corrected chi connectivity index (χ0v) is 10.8. The summed E-state index contributed by atoms with van der Waals surface area (Å²) in [7, 11) is 1.67. The van der Waals surface area contributed by atoms with Crippen LogP contribution in [0, 0.1) is 11.8 Å². The molecule has 1 aliphatic carbocycles. The summed E-state index contributed by atoms with van der Waals surface area (Å²) in [6.07, 6.45) is 2.77. The standard InChI is InChI=1S/C15H19NO2/c1-18-14-4-2-3-11(7-14)5-6-15(17)16-9-12-8-13(12)10-16/h2-4,7,12-13H,5-6,8-10H2,1H3. The molecule has 1 aromatic carbocycles. The molecule has 1 aliphatic heterocycles. The largest absolute Gasteiger partial charge is 0.497 e. The highest BCUT2D eigenvalue weighted by molar-refractivity contribution is 5.77. The van der Waals surface area contributed by atoms with Gasteiger partial charge in [0, 0.05) is 19.5 Å². The molecule has 96 valence electrons. The Kier molecular flexibility index (Phi) is 2.98. The maximum absolute atomic E-state index is 12.0. The highest BCUT2D eigenvalue weighted by Crippen LogP contribution is 2.44. The van der Waals surface area contributed by atoms with Crippen LogP contribution < -0.4 is 4.74 Å². The van der Waals surface area contributed by atoms with E-state index in [1.807, 2.05) is 23.1 Å². The molecular weight excluding hydrogens is 226 g/mol. The molecule has 0 spiro atoms. The molecule has 2 atom stereocenters. The van der Waals surface area contributed by atoms with Crippen LogP contribution in [0.25, 0.3) is 0 Å². The van der Waals surface area contributed by atoms with Gasteiger partial charge in [-0.15, -0.1) is 0 Å². The van der Waals surface area contributed by atoms with E-state index in [0.29, 0.717) is 12.3 Å². The summed E-state index contributed by atoms with van der Waals surface area (Å²) in [6.45, 7) is 2.00. The van der Waals surface area contributed by atoms with Crippen molar-refractivity contribution in [3.8, 4) is 5.75 Å².